The van der Waals surface area contributed by atoms with Crippen molar-refractivity contribution in [3.63, 3.8) is 0 Å². The van der Waals surface area contributed by atoms with Gasteiger partial charge in [0.2, 0.25) is 11.6 Å². The van der Waals surface area contributed by atoms with Gasteiger partial charge in [-0.1, -0.05) is 26.5 Å². The normalized spacial score (nSPS) is 15.1. The zero-order chi connectivity index (χ0) is 49.8. The first-order valence-electron chi connectivity index (χ1n) is 18.3. The minimum absolute atomic E-state index is 0. The number of aromatic nitrogens is 10. The zero-order valence-corrected chi connectivity index (χ0v) is 35.7. The zero-order valence-electron chi connectivity index (χ0n) is 35.0. The number of ether oxygens (including phenoxy) is 2. The average molecular weight is 1010 g/mol. The third-order valence-electron chi connectivity index (χ3n) is 9.59. The Kier molecular flexibility index (Phi) is 16.1. The van der Waals surface area contributed by atoms with Crippen molar-refractivity contribution in [3.8, 4) is 23.0 Å². The standard InChI is InChI=1S/C15H20BF4NO3.C15H10F7N5O.C6H2ClF3N4.2CH4/c1-12(2)13(3,4)24-16(23-12)9-7-10(17)11(21-8-9)22-14(5,6)15(18,19)20;1-13(2,15(20,21)22)28-11-8(16)3-7(4-24-11)9-6-27-10(5-23-9)25-26-12(27)14(17,18)19;7-3-2-14-4(1-11-3)12-13-5(14)6(8,9)10;;/h7-8H,1-6H3;3-6H,1-2H3;1-2H;2*1H4. The molecule has 1 aliphatic rings. The molecule has 0 saturated carbocycles. The summed E-state index contributed by atoms with van der Waals surface area (Å²) in [5.74, 6) is -6.32. The Morgan fingerprint density at radius 3 is 1.40 bits per heavy atom. The molecule has 1 aliphatic heterocycles. The summed E-state index contributed by atoms with van der Waals surface area (Å²) in [6.07, 6.45) is -12.7. The molecule has 0 radical (unpaired) electrons. The Labute approximate surface area is 382 Å². The number of halogens is 15. The SMILES string of the molecule is C.C.CC(C)(Oc1ncc(-c2cn3c(C(F)(F)F)nnc3cn2)cc1F)C(F)(F)F.CC(C)(Oc1ncc(B2OC(C)(C)C(C)(C)O2)cc1F)C(F)(F)F.FC(F)(F)c1nnc2cnc(Cl)cn12. The molecule has 6 aromatic rings. The van der Waals surface area contributed by atoms with Crippen LogP contribution in [-0.2, 0) is 21.7 Å². The fraction of sp³-hybridized carbons (Fsp3) is 0.474. The summed E-state index contributed by atoms with van der Waals surface area (Å²) in [5, 5.41) is 12.6. The quantitative estimate of drug-likeness (QED) is 0.115. The highest BCUT2D eigenvalue weighted by Gasteiger charge is 2.53. The lowest BCUT2D eigenvalue weighted by Gasteiger charge is -2.32. The van der Waals surface area contributed by atoms with Gasteiger partial charge in [-0.3, -0.25) is 13.8 Å². The van der Waals surface area contributed by atoms with E-state index in [0.29, 0.717) is 18.2 Å². The third-order valence-corrected chi connectivity index (χ3v) is 9.78. The van der Waals surface area contributed by atoms with E-state index in [1.807, 2.05) is 27.7 Å². The van der Waals surface area contributed by atoms with Crippen LogP contribution in [0, 0.1) is 11.6 Å². The third kappa shape index (κ3) is 12.3. The van der Waals surface area contributed by atoms with Crippen LogP contribution in [0.15, 0.2) is 49.3 Å². The largest absolute Gasteiger partial charge is 0.496 e. The maximum atomic E-state index is 14.2. The molecule has 6 aromatic heterocycles. The van der Waals surface area contributed by atoms with Crippen molar-refractivity contribution in [2.75, 3.05) is 0 Å². The smallest absolute Gasteiger partial charge is 0.460 e. The van der Waals surface area contributed by atoms with Crippen LogP contribution in [0.25, 0.3) is 22.6 Å². The number of fused-ring (bicyclic) bond motifs is 2. The summed E-state index contributed by atoms with van der Waals surface area (Å²) in [4.78, 5) is 14.6. The molecule has 0 aliphatic carbocycles. The molecule has 0 aromatic carbocycles. The molecule has 0 atom stereocenters. The van der Waals surface area contributed by atoms with Gasteiger partial charge in [0.1, 0.15) is 5.15 Å². The summed E-state index contributed by atoms with van der Waals surface area (Å²) >= 11 is 5.44. The minimum atomic E-state index is -4.79. The first-order chi connectivity index (χ1) is 29.9. The van der Waals surface area contributed by atoms with Gasteiger partial charge in [-0.15, -0.1) is 20.4 Å². The lowest BCUT2D eigenvalue weighted by molar-refractivity contribution is -0.236. The van der Waals surface area contributed by atoms with Crippen LogP contribution in [0.3, 0.4) is 0 Å². The summed E-state index contributed by atoms with van der Waals surface area (Å²) in [5.41, 5.74) is -6.66. The Morgan fingerprint density at radius 2 is 0.985 bits per heavy atom. The number of hydrogen-bond donors (Lipinski definition) is 0. The van der Waals surface area contributed by atoms with Crippen LogP contribution < -0.4 is 14.9 Å². The summed E-state index contributed by atoms with van der Waals surface area (Å²) in [6.45, 7) is 10.3. The van der Waals surface area contributed by atoms with E-state index in [1.54, 1.807) is 0 Å². The number of nitrogens with zero attached hydrogens (tertiary/aromatic N) is 10. The fourth-order valence-corrected chi connectivity index (χ4v) is 5.12. The van der Waals surface area contributed by atoms with Gasteiger partial charge in [-0.05, 0) is 67.5 Å². The van der Waals surface area contributed by atoms with Crippen molar-refractivity contribution in [3.05, 3.63) is 77.8 Å². The number of pyridine rings is 2. The Bertz CT molecular complexity index is 2690. The van der Waals surface area contributed by atoms with Crippen LogP contribution in [0.5, 0.6) is 11.8 Å². The molecular formula is C38H40BClF14N10O4. The van der Waals surface area contributed by atoms with Gasteiger partial charge >= 0.3 is 31.8 Å². The highest BCUT2D eigenvalue weighted by Crippen LogP contribution is 2.38. The predicted molar refractivity (Wildman–Crippen MR) is 215 cm³/mol. The van der Waals surface area contributed by atoms with Gasteiger partial charge in [-0.25, -0.2) is 23.7 Å². The molecule has 0 bridgehead atoms. The molecule has 374 valence electrons. The molecule has 30 heteroatoms. The van der Waals surface area contributed by atoms with Crippen molar-refractivity contribution in [1.29, 1.82) is 0 Å². The van der Waals surface area contributed by atoms with Gasteiger partial charge in [0.25, 0.3) is 11.8 Å². The highest BCUT2D eigenvalue weighted by molar-refractivity contribution is 6.62. The van der Waals surface area contributed by atoms with Crippen molar-refractivity contribution >= 4 is 35.5 Å². The van der Waals surface area contributed by atoms with Crippen LogP contribution in [-0.4, -0.2) is 91.0 Å². The van der Waals surface area contributed by atoms with E-state index < -0.39 is 89.3 Å². The molecule has 7 heterocycles. The van der Waals surface area contributed by atoms with E-state index in [1.165, 1.54) is 6.20 Å². The molecule has 1 fully saturated rings. The maximum Gasteiger partial charge on any atom is 0.496 e. The molecule has 0 amide bonds. The van der Waals surface area contributed by atoms with Crippen molar-refractivity contribution < 1.29 is 80.2 Å². The number of hydrogen-bond acceptors (Lipinski definition) is 12. The van der Waals surface area contributed by atoms with Gasteiger partial charge in [0, 0.05) is 35.8 Å². The second-order valence-corrected chi connectivity index (χ2v) is 16.2. The lowest BCUT2D eigenvalue weighted by Crippen LogP contribution is -2.45. The molecule has 0 N–H and O–H groups in total. The summed E-state index contributed by atoms with van der Waals surface area (Å²) in [7, 11) is -0.860. The molecule has 1 saturated heterocycles. The lowest BCUT2D eigenvalue weighted by atomic mass is 9.80. The van der Waals surface area contributed by atoms with Crippen molar-refractivity contribution in [2.24, 2.45) is 0 Å². The Balaban J connectivity index is 0.000000279. The van der Waals surface area contributed by atoms with E-state index in [2.05, 4.69) is 45.1 Å². The molecule has 7 rings (SSSR count). The number of rotatable bonds is 6. The summed E-state index contributed by atoms with van der Waals surface area (Å²) in [6, 6.07) is 1.76. The molecular weight excluding hydrogens is 973 g/mol. The van der Waals surface area contributed by atoms with Gasteiger partial charge in [0.05, 0.1) is 29.3 Å². The summed E-state index contributed by atoms with van der Waals surface area (Å²) < 4.78 is 203. The van der Waals surface area contributed by atoms with E-state index in [-0.39, 0.29) is 48.0 Å². The predicted octanol–water partition coefficient (Wildman–Crippen LogP) is 10.4. The second kappa shape index (κ2) is 19.4. The van der Waals surface area contributed by atoms with E-state index >= 15 is 0 Å². The minimum Gasteiger partial charge on any atom is -0.460 e. The van der Waals surface area contributed by atoms with E-state index in [0.717, 1.165) is 61.4 Å². The first kappa shape index (κ1) is 56.6. The van der Waals surface area contributed by atoms with Gasteiger partial charge in [0.15, 0.2) is 34.1 Å². The first-order valence-corrected chi connectivity index (χ1v) is 18.7. The van der Waals surface area contributed by atoms with Crippen LogP contribution >= 0.6 is 11.6 Å². The molecule has 68 heavy (non-hydrogen) atoms. The Hall–Kier alpha value is -5.71. The van der Waals surface area contributed by atoms with Gasteiger partial charge < -0.3 is 18.8 Å². The molecule has 0 spiro atoms. The highest BCUT2D eigenvalue weighted by atomic mass is 35.5. The second-order valence-electron chi connectivity index (χ2n) is 15.9. The topological polar surface area (TPSA) is 149 Å². The van der Waals surface area contributed by atoms with Crippen LogP contribution in [0.4, 0.5) is 61.5 Å². The monoisotopic (exact) mass is 1010 g/mol. The van der Waals surface area contributed by atoms with Crippen LogP contribution in [0.2, 0.25) is 5.15 Å². The van der Waals surface area contributed by atoms with E-state index in [4.69, 9.17) is 25.6 Å². The fourth-order valence-electron chi connectivity index (χ4n) is 4.98. The van der Waals surface area contributed by atoms with Crippen molar-refractivity contribution in [2.45, 2.75) is 117 Å². The van der Waals surface area contributed by atoms with Crippen LogP contribution in [0.1, 0.15) is 81.9 Å². The van der Waals surface area contributed by atoms with E-state index in [9.17, 15) is 61.5 Å². The average Bonchev–Trinajstić information content (AvgIpc) is 3.85. The van der Waals surface area contributed by atoms with Gasteiger partial charge in [-0.2, -0.15) is 52.7 Å². The maximum absolute atomic E-state index is 14.2. The van der Waals surface area contributed by atoms with Crippen molar-refractivity contribution in [1.82, 2.24) is 49.1 Å². The Morgan fingerprint density at radius 1 is 0.574 bits per heavy atom. The molecule has 14 nitrogen and oxygen atoms in total. The molecule has 0 unspecified atom stereocenters. The number of alkyl halides is 12.